The van der Waals surface area contributed by atoms with E-state index in [9.17, 15) is 14.9 Å². The lowest BCUT2D eigenvalue weighted by molar-refractivity contribution is -0.386. The second-order valence-corrected chi connectivity index (χ2v) is 3.09. The van der Waals surface area contributed by atoms with Crippen molar-refractivity contribution in [2.24, 2.45) is 0 Å². The van der Waals surface area contributed by atoms with Crippen LogP contribution >= 0.6 is 0 Å². The van der Waals surface area contributed by atoms with Crippen LogP contribution in [0.5, 0.6) is 0 Å². The molecule has 0 aliphatic heterocycles. The first-order chi connectivity index (χ1) is 7.68. The Balaban J connectivity index is 2.57. The standard InChI is InChI=1S/C10H7N3O3/c14-10-9(13(15)16)6-8(11-12-10)7-4-2-1-3-5-7/h1-6H,(H,12,14). The molecule has 0 saturated carbocycles. The summed E-state index contributed by atoms with van der Waals surface area (Å²) in [6.45, 7) is 0. The molecule has 0 atom stereocenters. The normalized spacial score (nSPS) is 10.0. The molecule has 0 aliphatic carbocycles. The Morgan fingerprint density at radius 3 is 2.56 bits per heavy atom. The molecule has 2 aromatic rings. The Morgan fingerprint density at radius 1 is 1.25 bits per heavy atom. The van der Waals surface area contributed by atoms with E-state index in [4.69, 9.17) is 0 Å². The van der Waals surface area contributed by atoms with Crippen LogP contribution in [0, 0.1) is 10.1 Å². The molecule has 0 aliphatic rings. The van der Waals surface area contributed by atoms with Gasteiger partial charge in [-0.1, -0.05) is 30.3 Å². The van der Waals surface area contributed by atoms with Crippen LogP contribution in [0.4, 0.5) is 5.69 Å². The molecule has 16 heavy (non-hydrogen) atoms. The van der Waals surface area contributed by atoms with E-state index < -0.39 is 16.2 Å². The maximum atomic E-state index is 11.1. The number of aromatic amines is 1. The van der Waals surface area contributed by atoms with Crippen molar-refractivity contribution in [1.82, 2.24) is 10.2 Å². The Kier molecular flexibility index (Phi) is 2.47. The third kappa shape index (κ3) is 1.81. The van der Waals surface area contributed by atoms with Gasteiger partial charge in [0.1, 0.15) is 0 Å². The van der Waals surface area contributed by atoms with Gasteiger partial charge in [-0.2, -0.15) is 5.10 Å². The zero-order valence-corrected chi connectivity index (χ0v) is 8.08. The highest BCUT2D eigenvalue weighted by molar-refractivity contribution is 5.60. The molecule has 0 bridgehead atoms. The maximum Gasteiger partial charge on any atom is 0.342 e. The second-order valence-electron chi connectivity index (χ2n) is 3.09. The van der Waals surface area contributed by atoms with Gasteiger partial charge in [-0.05, 0) is 0 Å². The number of nitro groups is 1. The van der Waals surface area contributed by atoms with Crippen molar-refractivity contribution in [3.63, 3.8) is 0 Å². The smallest absolute Gasteiger partial charge is 0.260 e. The first kappa shape index (κ1) is 10.0. The molecular weight excluding hydrogens is 210 g/mol. The predicted octanol–water partition coefficient (Wildman–Crippen LogP) is 1.35. The van der Waals surface area contributed by atoms with Gasteiger partial charge in [-0.15, -0.1) is 0 Å². The topological polar surface area (TPSA) is 88.9 Å². The van der Waals surface area contributed by atoms with Crippen LogP contribution in [0.2, 0.25) is 0 Å². The zero-order chi connectivity index (χ0) is 11.5. The Bertz CT molecular complexity index is 577. The summed E-state index contributed by atoms with van der Waals surface area (Å²) in [6, 6.07) is 10.1. The van der Waals surface area contributed by atoms with Crippen LogP contribution in [0.1, 0.15) is 0 Å². The quantitative estimate of drug-likeness (QED) is 0.607. The number of aromatic nitrogens is 2. The number of H-pyrrole nitrogens is 1. The number of benzene rings is 1. The van der Waals surface area contributed by atoms with Gasteiger partial charge in [-0.3, -0.25) is 14.9 Å². The molecule has 1 aromatic carbocycles. The predicted molar refractivity (Wildman–Crippen MR) is 56.9 cm³/mol. The summed E-state index contributed by atoms with van der Waals surface area (Å²) in [5, 5.41) is 16.4. The highest BCUT2D eigenvalue weighted by Gasteiger charge is 2.14. The van der Waals surface area contributed by atoms with E-state index in [1.807, 2.05) is 6.07 Å². The largest absolute Gasteiger partial charge is 0.342 e. The van der Waals surface area contributed by atoms with Gasteiger partial charge in [0, 0.05) is 5.56 Å². The van der Waals surface area contributed by atoms with Gasteiger partial charge in [-0.25, -0.2) is 5.10 Å². The number of hydrogen-bond donors (Lipinski definition) is 1. The lowest BCUT2D eigenvalue weighted by Gasteiger charge is -1.98. The van der Waals surface area contributed by atoms with Crippen molar-refractivity contribution >= 4 is 5.69 Å². The lowest BCUT2D eigenvalue weighted by Crippen LogP contribution is -2.13. The van der Waals surface area contributed by atoms with E-state index in [-0.39, 0.29) is 0 Å². The summed E-state index contributed by atoms with van der Waals surface area (Å²) in [6.07, 6.45) is 0. The fourth-order valence-corrected chi connectivity index (χ4v) is 1.29. The van der Waals surface area contributed by atoms with E-state index in [0.29, 0.717) is 11.3 Å². The molecule has 1 N–H and O–H groups in total. The summed E-state index contributed by atoms with van der Waals surface area (Å²) >= 11 is 0. The lowest BCUT2D eigenvalue weighted by atomic mass is 10.1. The molecule has 0 spiro atoms. The molecular formula is C10H7N3O3. The molecule has 80 valence electrons. The van der Waals surface area contributed by atoms with E-state index in [0.717, 1.165) is 6.07 Å². The van der Waals surface area contributed by atoms with Crippen LogP contribution < -0.4 is 5.56 Å². The first-order valence-corrected chi connectivity index (χ1v) is 4.48. The molecule has 0 unspecified atom stereocenters. The summed E-state index contributed by atoms with van der Waals surface area (Å²) in [7, 11) is 0. The second kappa shape index (κ2) is 3.93. The third-order valence-electron chi connectivity index (χ3n) is 2.05. The third-order valence-corrected chi connectivity index (χ3v) is 2.05. The molecule has 6 nitrogen and oxygen atoms in total. The summed E-state index contributed by atoms with van der Waals surface area (Å²) in [5.74, 6) is 0. The molecule has 1 aromatic heterocycles. The van der Waals surface area contributed by atoms with Gasteiger partial charge in [0.05, 0.1) is 16.7 Å². The fraction of sp³-hybridized carbons (Fsp3) is 0. The molecule has 6 heteroatoms. The fourth-order valence-electron chi connectivity index (χ4n) is 1.29. The summed E-state index contributed by atoms with van der Waals surface area (Å²) in [5.41, 5.74) is -0.229. The summed E-state index contributed by atoms with van der Waals surface area (Å²) < 4.78 is 0. The SMILES string of the molecule is O=c1[nH]nc(-c2ccccc2)cc1[N+](=O)[O-]. The van der Waals surface area contributed by atoms with Crippen LogP contribution in [0.3, 0.4) is 0 Å². The van der Waals surface area contributed by atoms with Gasteiger partial charge in [0.15, 0.2) is 0 Å². The zero-order valence-electron chi connectivity index (χ0n) is 8.08. The molecule has 2 rings (SSSR count). The van der Waals surface area contributed by atoms with Crippen molar-refractivity contribution in [2.45, 2.75) is 0 Å². The van der Waals surface area contributed by atoms with Crippen LogP contribution in [0.15, 0.2) is 41.2 Å². The Morgan fingerprint density at radius 2 is 1.94 bits per heavy atom. The van der Waals surface area contributed by atoms with Crippen LogP contribution in [-0.2, 0) is 0 Å². The minimum Gasteiger partial charge on any atom is -0.260 e. The molecule has 1 heterocycles. The van der Waals surface area contributed by atoms with Gasteiger partial charge in [0.25, 0.3) is 0 Å². The monoisotopic (exact) mass is 217 g/mol. The van der Waals surface area contributed by atoms with Crippen molar-refractivity contribution < 1.29 is 4.92 Å². The van der Waals surface area contributed by atoms with E-state index in [1.165, 1.54) is 0 Å². The van der Waals surface area contributed by atoms with Crippen molar-refractivity contribution in [3.8, 4) is 11.3 Å². The van der Waals surface area contributed by atoms with E-state index >= 15 is 0 Å². The first-order valence-electron chi connectivity index (χ1n) is 4.48. The minimum atomic E-state index is -0.801. The van der Waals surface area contributed by atoms with Crippen LogP contribution in [-0.4, -0.2) is 15.1 Å². The van der Waals surface area contributed by atoms with E-state index in [1.54, 1.807) is 24.3 Å². The van der Waals surface area contributed by atoms with Gasteiger partial charge < -0.3 is 0 Å². The van der Waals surface area contributed by atoms with Gasteiger partial charge >= 0.3 is 11.2 Å². The minimum absolute atomic E-state index is 0.368. The Hall–Kier alpha value is -2.50. The average Bonchev–Trinajstić information content (AvgIpc) is 2.30. The molecule has 0 radical (unpaired) electrons. The number of nitrogens with zero attached hydrogens (tertiary/aromatic N) is 2. The summed E-state index contributed by atoms with van der Waals surface area (Å²) in [4.78, 5) is 20.9. The number of rotatable bonds is 2. The maximum absolute atomic E-state index is 11.1. The molecule has 0 saturated heterocycles. The molecule has 0 amide bonds. The van der Waals surface area contributed by atoms with Crippen molar-refractivity contribution in [2.75, 3.05) is 0 Å². The highest BCUT2D eigenvalue weighted by Crippen LogP contribution is 2.17. The average molecular weight is 217 g/mol. The van der Waals surface area contributed by atoms with Crippen molar-refractivity contribution in [1.29, 1.82) is 0 Å². The van der Waals surface area contributed by atoms with Gasteiger partial charge in [0.2, 0.25) is 0 Å². The Labute approximate surface area is 89.7 Å². The van der Waals surface area contributed by atoms with Crippen molar-refractivity contribution in [3.05, 3.63) is 56.9 Å². The molecule has 0 fully saturated rings. The van der Waals surface area contributed by atoms with Crippen LogP contribution in [0.25, 0.3) is 11.3 Å². The number of hydrogen-bond acceptors (Lipinski definition) is 4. The highest BCUT2D eigenvalue weighted by atomic mass is 16.6. The number of nitrogens with one attached hydrogen (secondary N) is 1. The van der Waals surface area contributed by atoms with E-state index in [2.05, 4.69) is 10.2 Å².